The molecule has 1 aliphatic rings. The lowest BCUT2D eigenvalue weighted by Crippen LogP contribution is -2.37. The maximum atomic E-state index is 13.3. The van der Waals surface area contributed by atoms with Crippen LogP contribution in [0.1, 0.15) is 37.3 Å². The summed E-state index contributed by atoms with van der Waals surface area (Å²) in [4.78, 5) is 38.3. The van der Waals surface area contributed by atoms with E-state index in [9.17, 15) is 18.8 Å². The average Bonchev–Trinajstić information content (AvgIpc) is 3.28. The van der Waals surface area contributed by atoms with Crippen molar-refractivity contribution in [2.45, 2.75) is 38.8 Å². The maximum Gasteiger partial charge on any atom is 0.307 e. The molecule has 0 aromatic heterocycles. The van der Waals surface area contributed by atoms with E-state index in [2.05, 4.69) is 5.10 Å². The highest BCUT2D eigenvalue weighted by atomic mass is 19.1. The Labute approximate surface area is 186 Å². The molecule has 0 aliphatic carbocycles. The van der Waals surface area contributed by atoms with Crippen molar-refractivity contribution in [3.63, 3.8) is 0 Å². The number of ether oxygens (including phenoxy) is 1. The molecular weight excluding hydrogens is 413 g/mol. The number of hydrogen-bond acceptors (Lipinski definition) is 5. The number of nitrogens with zero attached hydrogens (tertiary/aromatic N) is 3. The number of carbonyl (C=O) groups excluding carboxylic acids is 3. The van der Waals surface area contributed by atoms with Crippen molar-refractivity contribution in [3.05, 3.63) is 71.5 Å². The van der Waals surface area contributed by atoms with Crippen LogP contribution in [0.5, 0.6) is 0 Å². The lowest BCUT2D eigenvalue weighted by atomic mass is 10.1. The molecular formula is C24H26FN3O4. The highest BCUT2D eigenvalue weighted by Crippen LogP contribution is 2.15. The zero-order valence-electron chi connectivity index (χ0n) is 18.2. The van der Waals surface area contributed by atoms with Crippen LogP contribution < -0.4 is 0 Å². The van der Waals surface area contributed by atoms with Gasteiger partial charge in [0.1, 0.15) is 5.82 Å². The van der Waals surface area contributed by atoms with Crippen molar-refractivity contribution < 1.29 is 23.5 Å². The van der Waals surface area contributed by atoms with Crippen molar-refractivity contribution in [3.8, 4) is 0 Å². The predicted molar refractivity (Wildman–Crippen MR) is 117 cm³/mol. The van der Waals surface area contributed by atoms with E-state index in [0.29, 0.717) is 18.5 Å². The third-order valence-corrected chi connectivity index (χ3v) is 5.08. The molecule has 1 unspecified atom stereocenters. The molecule has 2 aromatic carbocycles. The smallest absolute Gasteiger partial charge is 0.307 e. The lowest BCUT2D eigenvalue weighted by molar-refractivity contribution is -0.159. The zero-order valence-corrected chi connectivity index (χ0v) is 18.2. The van der Waals surface area contributed by atoms with Gasteiger partial charge in [0.05, 0.1) is 18.7 Å². The zero-order chi connectivity index (χ0) is 23.1. The first-order valence-electron chi connectivity index (χ1n) is 10.5. The minimum Gasteiger partial charge on any atom is -0.453 e. The third kappa shape index (κ3) is 6.23. The molecule has 0 N–H and O–H groups in total. The average molecular weight is 439 g/mol. The van der Waals surface area contributed by atoms with Crippen LogP contribution in [0.3, 0.4) is 0 Å². The Bertz CT molecular complexity index is 1010. The molecule has 0 spiro atoms. The van der Waals surface area contributed by atoms with Crippen LogP contribution in [0.25, 0.3) is 0 Å². The summed E-state index contributed by atoms with van der Waals surface area (Å²) in [6.45, 7) is 2.13. The Balaban J connectivity index is 1.44. The van der Waals surface area contributed by atoms with E-state index in [1.807, 2.05) is 30.3 Å². The van der Waals surface area contributed by atoms with Crippen molar-refractivity contribution >= 4 is 23.5 Å². The largest absolute Gasteiger partial charge is 0.453 e. The molecule has 0 bridgehead atoms. The highest BCUT2D eigenvalue weighted by Gasteiger charge is 2.24. The fourth-order valence-electron chi connectivity index (χ4n) is 3.41. The van der Waals surface area contributed by atoms with Crippen molar-refractivity contribution in [1.29, 1.82) is 0 Å². The molecule has 7 nitrogen and oxygen atoms in total. The number of hydrogen-bond donors (Lipinski definition) is 0. The number of halogens is 1. The number of likely N-dealkylation sites (N-methyl/N-ethyl adjacent to an activating group) is 1. The number of esters is 1. The summed E-state index contributed by atoms with van der Waals surface area (Å²) in [7, 11) is 1.55. The van der Waals surface area contributed by atoms with Crippen LogP contribution in [0.2, 0.25) is 0 Å². The van der Waals surface area contributed by atoms with Crippen molar-refractivity contribution in [2.75, 3.05) is 13.6 Å². The Morgan fingerprint density at radius 2 is 1.88 bits per heavy atom. The summed E-state index contributed by atoms with van der Waals surface area (Å²) in [5, 5.41) is 5.73. The second-order valence-electron chi connectivity index (χ2n) is 7.64. The molecule has 168 valence electrons. The number of carbonyl (C=O) groups is 3. The van der Waals surface area contributed by atoms with Gasteiger partial charge in [-0.15, -0.1) is 0 Å². The standard InChI is InChI=1S/C24H26FN3O4/c1-17(24(31)27(2)16-18-7-6-10-20(25)15-18)32-23(30)12-11-22(29)28-14-13-21(26-28)19-8-4-3-5-9-19/h3-10,15,17H,11-14,16H2,1-2H3. The SMILES string of the molecule is CC(OC(=O)CCC(=O)N1CCC(c2ccccc2)=N1)C(=O)N(C)Cc1cccc(F)c1. The van der Waals surface area contributed by atoms with Crippen LogP contribution in [0.15, 0.2) is 59.7 Å². The molecule has 2 amide bonds. The Morgan fingerprint density at radius 3 is 2.59 bits per heavy atom. The number of rotatable bonds is 8. The lowest BCUT2D eigenvalue weighted by Gasteiger charge is -2.21. The first-order valence-corrected chi connectivity index (χ1v) is 10.5. The topological polar surface area (TPSA) is 79.3 Å². The van der Waals surface area contributed by atoms with E-state index in [4.69, 9.17) is 4.74 Å². The van der Waals surface area contributed by atoms with Crippen LogP contribution in [-0.2, 0) is 25.7 Å². The normalized spacial score (nSPS) is 14.0. The van der Waals surface area contributed by atoms with Gasteiger partial charge in [0.2, 0.25) is 5.91 Å². The second kappa shape index (κ2) is 10.7. The number of benzene rings is 2. The van der Waals surface area contributed by atoms with Gasteiger partial charge in [-0.3, -0.25) is 14.4 Å². The van der Waals surface area contributed by atoms with Crippen LogP contribution in [0, 0.1) is 5.82 Å². The molecule has 0 fully saturated rings. The van der Waals surface area contributed by atoms with Gasteiger partial charge in [-0.1, -0.05) is 42.5 Å². The Morgan fingerprint density at radius 1 is 1.12 bits per heavy atom. The molecule has 1 atom stereocenters. The van der Waals surface area contributed by atoms with E-state index in [1.165, 1.54) is 29.0 Å². The molecule has 32 heavy (non-hydrogen) atoms. The predicted octanol–water partition coefficient (Wildman–Crippen LogP) is 3.13. The summed E-state index contributed by atoms with van der Waals surface area (Å²) < 4.78 is 18.5. The van der Waals surface area contributed by atoms with E-state index in [0.717, 1.165) is 11.3 Å². The monoisotopic (exact) mass is 439 g/mol. The molecule has 0 saturated carbocycles. The molecule has 2 aromatic rings. The quantitative estimate of drug-likeness (QED) is 0.592. The fraction of sp³-hybridized carbons (Fsp3) is 0.333. The molecule has 8 heteroatoms. The highest BCUT2D eigenvalue weighted by molar-refractivity contribution is 6.02. The van der Waals surface area contributed by atoms with E-state index >= 15 is 0 Å². The van der Waals surface area contributed by atoms with Crippen LogP contribution in [-0.4, -0.2) is 53.1 Å². The molecule has 1 heterocycles. The van der Waals surface area contributed by atoms with Gasteiger partial charge in [0.25, 0.3) is 5.91 Å². The summed E-state index contributed by atoms with van der Waals surface area (Å²) in [6, 6.07) is 15.6. The van der Waals surface area contributed by atoms with Crippen molar-refractivity contribution in [1.82, 2.24) is 9.91 Å². The first-order chi connectivity index (χ1) is 15.3. The van der Waals surface area contributed by atoms with Gasteiger partial charge in [-0.25, -0.2) is 9.40 Å². The summed E-state index contributed by atoms with van der Waals surface area (Å²) in [6.07, 6.45) is -0.546. The summed E-state index contributed by atoms with van der Waals surface area (Å²) >= 11 is 0. The Hall–Kier alpha value is -3.55. The van der Waals surface area contributed by atoms with Gasteiger partial charge >= 0.3 is 5.97 Å². The van der Waals surface area contributed by atoms with Crippen LogP contribution >= 0.6 is 0 Å². The van der Waals surface area contributed by atoms with Gasteiger partial charge in [0.15, 0.2) is 6.10 Å². The summed E-state index contributed by atoms with van der Waals surface area (Å²) in [5.74, 6) is -1.70. The fourth-order valence-corrected chi connectivity index (χ4v) is 3.41. The van der Waals surface area contributed by atoms with Gasteiger partial charge in [0, 0.05) is 26.4 Å². The molecule has 0 radical (unpaired) electrons. The first kappa shape index (κ1) is 23.1. The van der Waals surface area contributed by atoms with Gasteiger partial charge < -0.3 is 9.64 Å². The van der Waals surface area contributed by atoms with E-state index < -0.39 is 18.0 Å². The third-order valence-electron chi connectivity index (χ3n) is 5.08. The summed E-state index contributed by atoms with van der Waals surface area (Å²) in [5.41, 5.74) is 2.44. The maximum absolute atomic E-state index is 13.3. The van der Waals surface area contributed by atoms with E-state index in [-0.39, 0.29) is 31.1 Å². The van der Waals surface area contributed by atoms with Crippen LogP contribution in [0.4, 0.5) is 4.39 Å². The molecule has 0 saturated heterocycles. The number of amides is 2. The van der Waals surface area contributed by atoms with Crippen molar-refractivity contribution in [2.24, 2.45) is 5.10 Å². The Kier molecular flexibility index (Phi) is 7.70. The van der Waals surface area contributed by atoms with E-state index in [1.54, 1.807) is 19.2 Å². The minimum absolute atomic E-state index is 0.0511. The van der Waals surface area contributed by atoms with Gasteiger partial charge in [-0.05, 0) is 30.2 Å². The second-order valence-corrected chi connectivity index (χ2v) is 7.64. The number of hydrazone groups is 1. The minimum atomic E-state index is -1.01. The van der Waals surface area contributed by atoms with Gasteiger partial charge in [-0.2, -0.15) is 5.10 Å². The molecule has 3 rings (SSSR count). The molecule has 1 aliphatic heterocycles.